The van der Waals surface area contributed by atoms with Gasteiger partial charge < -0.3 is 19.3 Å². The van der Waals surface area contributed by atoms with Crippen LogP contribution in [0.3, 0.4) is 0 Å². The Bertz CT molecular complexity index is 598. The van der Waals surface area contributed by atoms with E-state index in [2.05, 4.69) is 0 Å². The average molecular weight is 393 g/mol. The summed E-state index contributed by atoms with van der Waals surface area (Å²) in [5.74, 6) is 0. The summed E-state index contributed by atoms with van der Waals surface area (Å²) >= 11 is 0. The molecule has 1 aromatic carbocycles. The highest BCUT2D eigenvalue weighted by Gasteiger charge is 2.28. The zero-order chi connectivity index (χ0) is 21.4. The SMILES string of the molecule is CC(C)N(C(=O)OC[C@@H](OC(=O)N(C(C)C)C(C)C)c1ccccc1)C(C)C. The first kappa shape index (κ1) is 23.8. The third kappa shape index (κ3) is 6.73. The molecule has 0 aromatic heterocycles. The van der Waals surface area contributed by atoms with Gasteiger partial charge in [0.2, 0.25) is 0 Å². The van der Waals surface area contributed by atoms with Gasteiger partial charge in [0, 0.05) is 24.2 Å². The predicted octanol–water partition coefficient (Wildman–Crippen LogP) is 5.24. The van der Waals surface area contributed by atoms with E-state index < -0.39 is 18.3 Å². The number of hydrogen-bond acceptors (Lipinski definition) is 4. The molecule has 0 saturated heterocycles. The first-order chi connectivity index (χ1) is 13.1. The molecule has 0 heterocycles. The lowest BCUT2D eigenvalue weighted by atomic mass is 10.1. The number of rotatable bonds is 8. The highest BCUT2D eigenvalue weighted by atomic mass is 16.6. The Morgan fingerprint density at radius 1 is 0.750 bits per heavy atom. The fourth-order valence-electron chi connectivity index (χ4n) is 3.31. The van der Waals surface area contributed by atoms with Gasteiger partial charge in [-0.1, -0.05) is 30.3 Å². The number of carbonyl (C=O) groups is 2. The summed E-state index contributed by atoms with van der Waals surface area (Å²) in [5, 5.41) is 0. The normalized spacial score (nSPS) is 12.4. The molecule has 1 atom stereocenters. The topological polar surface area (TPSA) is 59.1 Å². The molecule has 0 radical (unpaired) electrons. The van der Waals surface area contributed by atoms with Crippen molar-refractivity contribution >= 4 is 12.2 Å². The Morgan fingerprint density at radius 3 is 1.61 bits per heavy atom. The van der Waals surface area contributed by atoms with Crippen LogP contribution in [-0.4, -0.2) is 52.8 Å². The first-order valence-electron chi connectivity index (χ1n) is 10.0. The van der Waals surface area contributed by atoms with Crippen molar-refractivity contribution in [2.24, 2.45) is 0 Å². The van der Waals surface area contributed by atoms with Crippen molar-refractivity contribution < 1.29 is 19.1 Å². The maximum Gasteiger partial charge on any atom is 0.410 e. The molecule has 0 N–H and O–H groups in total. The second-order valence-corrected chi connectivity index (χ2v) is 8.05. The molecule has 0 saturated carbocycles. The van der Waals surface area contributed by atoms with E-state index in [1.807, 2.05) is 85.7 Å². The van der Waals surface area contributed by atoms with Crippen molar-refractivity contribution in [1.29, 1.82) is 0 Å². The quantitative estimate of drug-likeness (QED) is 0.607. The van der Waals surface area contributed by atoms with Crippen LogP contribution in [0.25, 0.3) is 0 Å². The molecule has 1 rings (SSSR count). The molecule has 0 spiro atoms. The van der Waals surface area contributed by atoms with Gasteiger partial charge >= 0.3 is 12.2 Å². The van der Waals surface area contributed by atoms with Crippen molar-refractivity contribution in [2.45, 2.75) is 85.7 Å². The minimum atomic E-state index is -0.668. The standard InChI is InChI=1S/C22H36N2O4/c1-15(2)23(16(3)4)21(25)27-14-20(19-12-10-9-11-13-19)28-22(26)24(17(5)6)18(7)8/h9-13,15-18,20H,14H2,1-8H3/t20-/m1/s1. The summed E-state index contributed by atoms with van der Waals surface area (Å²) in [4.78, 5) is 28.6. The van der Waals surface area contributed by atoms with Crippen molar-refractivity contribution in [2.75, 3.05) is 6.61 Å². The minimum Gasteiger partial charge on any atom is -0.445 e. The zero-order valence-corrected chi connectivity index (χ0v) is 18.5. The molecule has 2 amide bonds. The maximum atomic E-state index is 12.8. The van der Waals surface area contributed by atoms with Crippen molar-refractivity contribution in [3.8, 4) is 0 Å². The van der Waals surface area contributed by atoms with Crippen LogP contribution in [0.15, 0.2) is 30.3 Å². The molecule has 6 nitrogen and oxygen atoms in total. The van der Waals surface area contributed by atoms with Gasteiger partial charge in [-0.25, -0.2) is 9.59 Å². The summed E-state index contributed by atoms with van der Waals surface area (Å²) in [5.41, 5.74) is 0.789. The van der Waals surface area contributed by atoms with Crippen molar-refractivity contribution in [3.05, 3.63) is 35.9 Å². The Morgan fingerprint density at radius 2 is 1.18 bits per heavy atom. The lowest BCUT2D eigenvalue weighted by Crippen LogP contribution is -2.44. The number of ether oxygens (including phenoxy) is 2. The van der Waals surface area contributed by atoms with Gasteiger partial charge in [0.1, 0.15) is 6.61 Å². The first-order valence-corrected chi connectivity index (χ1v) is 10.0. The van der Waals surface area contributed by atoms with Crippen LogP contribution >= 0.6 is 0 Å². The fourth-order valence-corrected chi connectivity index (χ4v) is 3.31. The molecule has 0 fully saturated rings. The number of nitrogens with zero attached hydrogens (tertiary/aromatic N) is 2. The lowest BCUT2D eigenvalue weighted by molar-refractivity contribution is 0.00207. The van der Waals surface area contributed by atoms with Crippen LogP contribution < -0.4 is 0 Å². The number of carbonyl (C=O) groups excluding carboxylic acids is 2. The van der Waals surface area contributed by atoms with Gasteiger partial charge in [0.05, 0.1) is 0 Å². The average Bonchev–Trinajstić information content (AvgIpc) is 2.57. The van der Waals surface area contributed by atoms with Gasteiger partial charge in [-0.15, -0.1) is 0 Å². The zero-order valence-electron chi connectivity index (χ0n) is 18.5. The molecule has 0 bridgehead atoms. The lowest BCUT2D eigenvalue weighted by Gasteiger charge is -2.32. The van der Waals surface area contributed by atoms with Gasteiger partial charge in [0.15, 0.2) is 6.10 Å². The van der Waals surface area contributed by atoms with Crippen LogP contribution in [0, 0.1) is 0 Å². The van der Waals surface area contributed by atoms with E-state index in [0.717, 1.165) is 5.56 Å². The molecule has 0 aliphatic heterocycles. The van der Waals surface area contributed by atoms with E-state index in [1.165, 1.54) is 0 Å². The van der Waals surface area contributed by atoms with Gasteiger partial charge in [-0.3, -0.25) is 0 Å². The Kier molecular flexibility index (Phi) is 9.29. The Balaban J connectivity index is 2.96. The molecule has 0 unspecified atom stereocenters. The summed E-state index contributed by atoms with van der Waals surface area (Å²) < 4.78 is 11.3. The molecule has 1 aromatic rings. The van der Waals surface area contributed by atoms with Crippen LogP contribution in [0.1, 0.15) is 67.1 Å². The van der Waals surface area contributed by atoms with Crippen molar-refractivity contribution in [1.82, 2.24) is 9.80 Å². The van der Waals surface area contributed by atoms with E-state index >= 15 is 0 Å². The smallest absolute Gasteiger partial charge is 0.410 e. The molecule has 158 valence electrons. The van der Waals surface area contributed by atoms with E-state index in [4.69, 9.17) is 9.47 Å². The van der Waals surface area contributed by atoms with Crippen LogP contribution in [0.2, 0.25) is 0 Å². The summed E-state index contributed by atoms with van der Waals surface area (Å²) in [6.07, 6.45) is -1.50. The Hall–Kier alpha value is -2.24. The van der Waals surface area contributed by atoms with E-state index in [9.17, 15) is 9.59 Å². The second kappa shape index (κ2) is 10.9. The van der Waals surface area contributed by atoms with Crippen molar-refractivity contribution in [3.63, 3.8) is 0 Å². The number of benzene rings is 1. The maximum absolute atomic E-state index is 12.8. The third-order valence-corrected chi connectivity index (χ3v) is 4.42. The molecular formula is C22H36N2O4. The van der Waals surface area contributed by atoms with Gasteiger partial charge in [0.25, 0.3) is 0 Å². The van der Waals surface area contributed by atoms with Crippen LogP contribution in [0.5, 0.6) is 0 Å². The van der Waals surface area contributed by atoms with E-state index in [0.29, 0.717) is 0 Å². The van der Waals surface area contributed by atoms with E-state index in [-0.39, 0.29) is 30.8 Å². The predicted molar refractivity (Wildman–Crippen MR) is 111 cm³/mol. The summed E-state index contributed by atoms with van der Waals surface area (Å²) in [6, 6.07) is 9.40. The highest BCUT2D eigenvalue weighted by Crippen LogP contribution is 2.21. The molecule has 28 heavy (non-hydrogen) atoms. The monoisotopic (exact) mass is 392 g/mol. The van der Waals surface area contributed by atoms with Gasteiger partial charge in [-0.2, -0.15) is 0 Å². The Labute approximate surface area is 169 Å². The third-order valence-electron chi connectivity index (χ3n) is 4.42. The fraction of sp³-hybridized carbons (Fsp3) is 0.636. The molecular weight excluding hydrogens is 356 g/mol. The van der Waals surface area contributed by atoms with Crippen LogP contribution in [0.4, 0.5) is 9.59 Å². The van der Waals surface area contributed by atoms with Crippen LogP contribution in [-0.2, 0) is 9.47 Å². The highest BCUT2D eigenvalue weighted by molar-refractivity contribution is 5.69. The van der Waals surface area contributed by atoms with Gasteiger partial charge in [-0.05, 0) is 61.0 Å². The van der Waals surface area contributed by atoms with E-state index in [1.54, 1.807) is 9.80 Å². The second-order valence-electron chi connectivity index (χ2n) is 8.05. The summed E-state index contributed by atoms with van der Waals surface area (Å²) in [7, 11) is 0. The summed E-state index contributed by atoms with van der Waals surface area (Å²) in [6.45, 7) is 15.5. The largest absolute Gasteiger partial charge is 0.445 e. The number of hydrogen-bond donors (Lipinski definition) is 0. The molecule has 0 aliphatic rings. The molecule has 6 heteroatoms. The molecule has 0 aliphatic carbocycles. The minimum absolute atomic E-state index is 0.00356. The number of amides is 2.